The van der Waals surface area contributed by atoms with Crippen molar-refractivity contribution < 1.29 is 28.5 Å². The summed E-state index contributed by atoms with van der Waals surface area (Å²) in [5, 5.41) is 30.0. The molecule has 8 heteroatoms. The average molecular weight is 1130 g/mol. The normalized spacial score (nSPS) is 13.4. The van der Waals surface area contributed by atoms with Crippen molar-refractivity contribution in [3.05, 3.63) is 179 Å². The molecule has 0 amide bonds. The summed E-state index contributed by atoms with van der Waals surface area (Å²) in [5.41, 5.74) is 10.2. The predicted molar refractivity (Wildman–Crippen MR) is 347 cm³/mol. The Kier molecular flexibility index (Phi) is 15.2. The fourth-order valence-electron chi connectivity index (χ4n) is 13.2. The second kappa shape index (κ2) is 21.5. The van der Waals surface area contributed by atoms with Crippen LogP contribution in [0.1, 0.15) is 153 Å². The van der Waals surface area contributed by atoms with E-state index < -0.39 is 11.6 Å². The fourth-order valence-corrected chi connectivity index (χ4v) is 13.2. The minimum absolute atomic E-state index is 0.00672. The highest BCUT2D eigenvalue weighted by atomic mass is 19.1. The van der Waals surface area contributed by atoms with Crippen molar-refractivity contribution in [1.82, 2.24) is 9.13 Å². The quantitative estimate of drug-likeness (QED) is 0.114. The number of fused-ring (bicyclic) bond motifs is 6. The van der Waals surface area contributed by atoms with Crippen LogP contribution in [-0.4, -0.2) is 32.6 Å². The lowest BCUT2D eigenvalue weighted by molar-refractivity contribution is 0.189. The van der Waals surface area contributed by atoms with Crippen LogP contribution in [0.25, 0.3) is 77.2 Å². The van der Waals surface area contributed by atoms with Crippen molar-refractivity contribution >= 4 is 43.6 Å². The van der Waals surface area contributed by atoms with Gasteiger partial charge >= 0.3 is 0 Å². The molecule has 438 valence electrons. The molecular weight excluding hydrogens is 1040 g/mol. The van der Waals surface area contributed by atoms with Crippen molar-refractivity contribution in [1.29, 1.82) is 0 Å². The number of halogens is 2. The van der Waals surface area contributed by atoms with E-state index in [4.69, 9.17) is 9.47 Å². The van der Waals surface area contributed by atoms with Gasteiger partial charge in [0, 0.05) is 49.7 Å². The summed E-state index contributed by atoms with van der Waals surface area (Å²) in [6.45, 7) is 38.0. The summed E-state index contributed by atoms with van der Waals surface area (Å²) in [6, 6.07) is 46.9. The Morgan fingerprint density at radius 2 is 0.750 bits per heavy atom. The molecule has 0 aliphatic carbocycles. The molecule has 1 atom stereocenters. The van der Waals surface area contributed by atoms with Crippen molar-refractivity contribution in [2.45, 2.75) is 152 Å². The van der Waals surface area contributed by atoms with Crippen LogP contribution in [0, 0.1) is 28.4 Å². The van der Waals surface area contributed by atoms with Crippen LogP contribution in [0.3, 0.4) is 0 Å². The minimum Gasteiger partial charge on any atom is -0.505 e. The third kappa shape index (κ3) is 11.8. The van der Waals surface area contributed by atoms with E-state index in [2.05, 4.69) is 193 Å². The number of phenolic OH excluding ortho intramolecular Hbond substituents is 2. The zero-order valence-corrected chi connectivity index (χ0v) is 52.6. The SMILES string of the molecule is CC(COc1ccc(F)cc1-c1cc(C(C)(C)CC(C)(C)C)cc(-n2c3ccccc3c3ccccc32)c1O)COc1ccc(F)cc1-c1cc(C(C)(C)CC(C)(C)C)cc(-n2c3ccc(C(C)(C)C)cc3c3cc(C(C)(C)C)ccc32)c1O. The molecule has 10 rings (SSSR count). The monoisotopic (exact) mass is 1130 g/mol. The fraction of sp³-hybridized carbons (Fsp3) is 0.368. The molecular formula is C76H86F2N2O4. The summed E-state index contributed by atoms with van der Waals surface area (Å²) < 4.78 is 49.4. The van der Waals surface area contributed by atoms with Gasteiger partial charge in [-0.25, -0.2) is 8.78 Å². The molecule has 84 heavy (non-hydrogen) atoms. The number of rotatable bonds is 14. The van der Waals surface area contributed by atoms with Crippen LogP contribution in [-0.2, 0) is 21.7 Å². The van der Waals surface area contributed by atoms with Gasteiger partial charge in [-0.2, -0.15) is 0 Å². The van der Waals surface area contributed by atoms with Gasteiger partial charge in [0.05, 0.1) is 46.7 Å². The molecule has 0 saturated carbocycles. The van der Waals surface area contributed by atoms with E-state index in [-0.39, 0.29) is 63.1 Å². The number of aromatic hydroxyl groups is 2. The number of benzene rings is 8. The Bertz CT molecular complexity index is 4020. The molecule has 6 nitrogen and oxygen atoms in total. The summed E-state index contributed by atoms with van der Waals surface area (Å²) >= 11 is 0. The van der Waals surface area contributed by atoms with Gasteiger partial charge in [0.25, 0.3) is 0 Å². The van der Waals surface area contributed by atoms with Gasteiger partial charge in [0.15, 0.2) is 0 Å². The number of phenols is 2. The van der Waals surface area contributed by atoms with Gasteiger partial charge in [-0.3, -0.25) is 0 Å². The van der Waals surface area contributed by atoms with E-state index in [1.165, 1.54) is 35.4 Å². The first-order valence-corrected chi connectivity index (χ1v) is 29.9. The molecule has 10 aromatic rings. The van der Waals surface area contributed by atoms with Crippen molar-refractivity contribution in [2.75, 3.05) is 13.2 Å². The highest BCUT2D eigenvalue weighted by molar-refractivity contribution is 6.11. The van der Waals surface area contributed by atoms with Gasteiger partial charge in [-0.15, -0.1) is 0 Å². The smallest absolute Gasteiger partial charge is 0.147 e. The van der Waals surface area contributed by atoms with Crippen LogP contribution >= 0.6 is 0 Å². The topological polar surface area (TPSA) is 68.8 Å². The van der Waals surface area contributed by atoms with Gasteiger partial charge < -0.3 is 28.8 Å². The predicted octanol–water partition coefficient (Wildman–Crippen LogP) is 21.0. The Balaban J connectivity index is 1.03. The van der Waals surface area contributed by atoms with Crippen LogP contribution in [0.5, 0.6) is 23.0 Å². The van der Waals surface area contributed by atoms with Crippen LogP contribution in [0.4, 0.5) is 8.78 Å². The number of nitrogens with zero attached hydrogens (tertiary/aromatic N) is 2. The van der Waals surface area contributed by atoms with Gasteiger partial charge in [-0.1, -0.05) is 166 Å². The van der Waals surface area contributed by atoms with E-state index in [1.807, 2.05) is 43.3 Å². The zero-order chi connectivity index (χ0) is 60.8. The Morgan fingerprint density at radius 3 is 1.11 bits per heavy atom. The lowest BCUT2D eigenvalue weighted by atomic mass is 9.71. The number of hydrogen-bond acceptors (Lipinski definition) is 4. The largest absolute Gasteiger partial charge is 0.505 e. The molecule has 0 aliphatic rings. The molecule has 8 aromatic carbocycles. The van der Waals surface area contributed by atoms with E-state index in [1.54, 1.807) is 12.1 Å². The maximum atomic E-state index is 15.9. The molecule has 0 aliphatic heterocycles. The van der Waals surface area contributed by atoms with E-state index in [0.29, 0.717) is 45.1 Å². The van der Waals surface area contributed by atoms with Gasteiger partial charge in [-0.05, 0) is 165 Å². The average Bonchev–Trinajstić information content (AvgIpc) is 1.58. The lowest BCUT2D eigenvalue weighted by Gasteiger charge is -2.34. The third-order valence-corrected chi connectivity index (χ3v) is 16.8. The molecule has 0 spiro atoms. The molecule has 2 heterocycles. The molecule has 0 radical (unpaired) electrons. The highest BCUT2D eigenvalue weighted by Crippen LogP contribution is 2.50. The molecule has 0 saturated heterocycles. The summed E-state index contributed by atoms with van der Waals surface area (Å²) in [6.07, 6.45) is 1.68. The first-order valence-electron chi connectivity index (χ1n) is 29.9. The highest BCUT2D eigenvalue weighted by Gasteiger charge is 2.33. The number of hydrogen-bond donors (Lipinski definition) is 2. The summed E-state index contributed by atoms with van der Waals surface area (Å²) in [7, 11) is 0. The Labute approximate surface area is 497 Å². The van der Waals surface area contributed by atoms with E-state index >= 15 is 8.78 Å². The van der Waals surface area contributed by atoms with Gasteiger partial charge in [0.1, 0.15) is 34.6 Å². The lowest BCUT2D eigenvalue weighted by Crippen LogP contribution is -2.25. The van der Waals surface area contributed by atoms with E-state index in [0.717, 1.165) is 67.6 Å². The number of aromatic nitrogens is 2. The van der Waals surface area contributed by atoms with Crippen molar-refractivity contribution in [3.63, 3.8) is 0 Å². The van der Waals surface area contributed by atoms with Crippen molar-refractivity contribution in [3.8, 4) is 56.6 Å². The van der Waals surface area contributed by atoms with Crippen LogP contribution in [0.2, 0.25) is 0 Å². The maximum Gasteiger partial charge on any atom is 0.147 e. The van der Waals surface area contributed by atoms with Crippen LogP contribution < -0.4 is 9.47 Å². The minimum atomic E-state index is -0.463. The van der Waals surface area contributed by atoms with Crippen molar-refractivity contribution in [2.24, 2.45) is 16.7 Å². The second-order valence-electron chi connectivity index (χ2n) is 29.7. The molecule has 0 fully saturated rings. The first-order chi connectivity index (χ1) is 39.2. The van der Waals surface area contributed by atoms with Crippen LogP contribution in [0.15, 0.2) is 146 Å². The Morgan fingerprint density at radius 1 is 0.393 bits per heavy atom. The summed E-state index contributed by atoms with van der Waals surface area (Å²) in [5.74, 6) is -0.344. The molecule has 0 bridgehead atoms. The number of para-hydroxylation sites is 2. The number of ether oxygens (including phenoxy) is 2. The third-order valence-electron chi connectivity index (χ3n) is 16.8. The Hall–Kier alpha value is -7.58. The zero-order valence-electron chi connectivity index (χ0n) is 52.6. The van der Waals surface area contributed by atoms with Gasteiger partial charge in [0.2, 0.25) is 0 Å². The summed E-state index contributed by atoms with van der Waals surface area (Å²) in [4.78, 5) is 0. The van der Waals surface area contributed by atoms with E-state index in [9.17, 15) is 10.2 Å². The second-order valence-corrected chi connectivity index (χ2v) is 29.7. The maximum absolute atomic E-state index is 15.9. The molecule has 2 aromatic heterocycles. The first kappa shape index (κ1) is 59.6. The standard InChI is InChI=1S/C76H86F2N2O4/c1-46(42-83-67-32-28-51(77)40-57(67)59-36-49(75(14,15)44-71(2,3)4)38-65(69(59)81)79-61-24-20-18-22-53(61)54-23-19-21-25-62(54)79)43-84-68-33-29-52(78)41-58(68)60-37-50(76(16,17)45-72(5,6)7)39-66(70(60)82)80-63-30-26-47(73(8,9)10)34-55(63)56-35-48(74(11,12)13)27-31-64(56)80/h18-41,46,81-82H,42-45H2,1-17H3. The molecule has 1 unspecified atom stereocenters. The molecule has 2 N–H and O–H groups in total.